The van der Waals surface area contributed by atoms with Crippen LogP contribution in [0.25, 0.3) is 0 Å². The second kappa shape index (κ2) is 31.3. The number of benzene rings is 3. The number of hydrogen-bond donors (Lipinski definition) is 5. The van der Waals surface area contributed by atoms with Crippen molar-refractivity contribution in [1.29, 1.82) is 0 Å². The van der Waals surface area contributed by atoms with Crippen LogP contribution in [-0.2, 0) is 28.8 Å². The molecular weight excluding hydrogens is 1230 g/mol. The lowest BCUT2D eigenvalue weighted by molar-refractivity contribution is -0.148. The summed E-state index contributed by atoms with van der Waals surface area (Å²) in [5.74, 6) is -0.857. The van der Waals surface area contributed by atoms with E-state index in [2.05, 4.69) is 92.8 Å². The van der Waals surface area contributed by atoms with E-state index in [0.717, 1.165) is 28.1 Å². The second-order valence-corrected chi connectivity index (χ2v) is 19.8. The Balaban J connectivity index is 0.000000367. The number of alkyl halides is 1. The van der Waals surface area contributed by atoms with Gasteiger partial charge in [0.1, 0.15) is 79.9 Å². The third-order valence-electron chi connectivity index (χ3n) is 10.7. The minimum absolute atomic E-state index is 0.0193. The Kier molecular flexibility index (Phi) is 27.2. The molecule has 0 aliphatic carbocycles. The molecule has 0 aromatic heterocycles. The van der Waals surface area contributed by atoms with Crippen molar-refractivity contribution in [3.05, 3.63) is 99.4 Å². The molecule has 3 aliphatic rings. The summed E-state index contributed by atoms with van der Waals surface area (Å²) in [6, 6.07) is 13.8. The van der Waals surface area contributed by atoms with Crippen molar-refractivity contribution in [3.8, 4) is 17.2 Å². The van der Waals surface area contributed by atoms with Gasteiger partial charge in [0, 0.05) is 13.4 Å². The first-order valence-corrected chi connectivity index (χ1v) is 26.7. The Morgan fingerprint density at radius 3 is 1.01 bits per heavy atom. The molecule has 9 amide bonds. The van der Waals surface area contributed by atoms with Crippen LogP contribution >= 0.6 is 63.7 Å². The highest BCUT2D eigenvalue weighted by atomic mass is 79.9. The van der Waals surface area contributed by atoms with Crippen LogP contribution in [0.3, 0.4) is 0 Å². The molecule has 6 rings (SSSR count). The van der Waals surface area contributed by atoms with Gasteiger partial charge in [-0.15, -0.1) is 13.2 Å². The van der Waals surface area contributed by atoms with Crippen LogP contribution in [0, 0.1) is 17.8 Å². The number of halogens is 4. The number of rotatable bonds is 19. The van der Waals surface area contributed by atoms with Gasteiger partial charge >= 0.3 is 24.1 Å². The maximum Gasteiger partial charge on any atom is 0.327 e. The molecule has 3 aromatic rings. The first-order chi connectivity index (χ1) is 35.0. The zero-order chi connectivity index (χ0) is 56.1. The number of carboxylic acid groups (broad SMARTS) is 1. The van der Waals surface area contributed by atoms with Crippen LogP contribution in [0.4, 0.5) is 14.4 Å². The Labute approximate surface area is 463 Å². The van der Waals surface area contributed by atoms with Crippen LogP contribution in [0.1, 0.15) is 48.5 Å². The minimum atomic E-state index is -1.21. The second-order valence-electron chi connectivity index (χ2n) is 17.1. The van der Waals surface area contributed by atoms with E-state index in [9.17, 15) is 48.3 Å². The topological polar surface area (TPSA) is 268 Å². The standard InChI is InChI=1S/C16H19BrN2O5.C16H19BrN2O4.C15H17BrN2O5.C2H4.CH3Br/c1-9(2)14(13(21)7-20)19-15(22)12(18-16(19)23)8-24-11-5-3-10(17)4-6-11;1-9(2)14(10(3)20)19-15(21)13(18-16(19)22)8-23-12-6-4-11(17)5-7-12;1-8(2)12(14(20)21)18-13(19)11(17-15(18)22)7-23-10-5-3-9(16)4-6-10;2*1-2/h3-6,9,12,14,20H,7-8H2,1-2H3,(H,18,23);4-7,9,13-14H,8H2,1-3H3,(H,18,22);3-6,8,11-12H,7H2,1-2H3,(H,17,22)(H,20,21);1-2H2;1H3/t12-,14+;13-,14+;11-,12+;;/m000../s1. The van der Waals surface area contributed by atoms with Crippen molar-refractivity contribution in [2.75, 3.05) is 32.3 Å². The number of imide groups is 3. The number of carbonyl (C=O) groups excluding carboxylic acids is 8. The van der Waals surface area contributed by atoms with Gasteiger partial charge in [-0.3, -0.25) is 33.8 Å². The molecule has 74 heavy (non-hydrogen) atoms. The highest BCUT2D eigenvalue weighted by Crippen LogP contribution is 2.24. The molecule has 3 saturated heterocycles. The highest BCUT2D eigenvalue weighted by Gasteiger charge is 2.48. The predicted molar refractivity (Wildman–Crippen MR) is 289 cm³/mol. The van der Waals surface area contributed by atoms with Gasteiger partial charge in [-0.1, -0.05) is 105 Å². The molecule has 0 radical (unpaired) electrons. The summed E-state index contributed by atoms with van der Waals surface area (Å²) < 4.78 is 19.3. The first kappa shape index (κ1) is 64.4. The van der Waals surface area contributed by atoms with E-state index in [-0.39, 0.29) is 37.4 Å². The number of nitrogens with one attached hydrogen (secondary N) is 3. The van der Waals surface area contributed by atoms with Crippen LogP contribution in [0.2, 0.25) is 0 Å². The van der Waals surface area contributed by atoms with Crippen molar-refractivity contribution in [3.63, 3.8) is 0 Å². The Hall–Kier alpha value is -5.69. The molecule has 0 spiro atoms. The number of ketones is 2. The summed E-state index contributed by atoms with van der Waals surface area (Å²) in [6.07, 6.45) is 0. The quantitative estimate of drug-likeness (QED) is 0.0446. The van der Waals surface area contributed by atoms with Crippen LogP contribution in [-0.4, -0.2) is 147 Å². The third kappa shape index (κ3) is 18.0. The van der Waals surface area contributed by atoms with Crippen LogP contribution in [0.5, 0.6) is 17.2 Å². The third-order valence-corrected chi connectivity index (χ3v) is 12.3. The van der Waals surface area contributed by atoms with E-state index in [0.29, 0.717) is 17.2 Å². The fourth-order valence-corrected chi connectivity index (χ4v) is 8.25. The van der Waals surface area contributed by atoms with Crippen LogP contribution < -0.4 is 30.2 Å². The zero-order valence-corrected chi connectivity index (χ0v) is 48.4. The van der Waals surface area contributed by atoms with Gasteiger partial charge in [0.2, 0.25) is 0 Å². The van der Waals surface area contributed by atoms with E-state index in [4.69, 9.17) is 19.3 Å². The molecule has 6 atom stereocenters. The maximum absolute atomic E-state index is 12.5. The maximum atomic E-state index is 12.5. The van der Waals surface area contributed by atoms with Crippen molar-refractivity contribution >= 4 is 117 Å². The van der Waals surface area contributed by atoms with E-state index in [1.807, 2.05) is 18.0 Å². The fraction of sp³-hybridized carbons (Fsp3) is 0.420. The summed E-state index contributed by atoms with van der Waals surface area (Å²) in [5.41, 5.74) is 0. The van der Waals surface area contributed by atoms with Crippen molar-refractivity contribution in [1.82, 2.24) is 30.7 Å². The lowest BCUT2D eigenvalue weighted by atomic mass is 9.98. The molecule has 3 aromatic carbocycles. The molecule has 0 unspecified atom stereocenters. The van der Waals surface area contributed by atoms with Crippen molar-refractivity contribution in [2.24, 2.45) is 17.8 Å². The Bertz CT molecular complexity index is 2300. The summed E-state index contributed by atoms with van der Waals surface area (Å²) in [5, 5.41) is 25.9. The lowest BCUT2D eigenvalue weighted by Crippen LogP contribution is -2.49. The SMILES string of the molecule is C=C.CBr.CC(=O)[C@@H](C(C)C)N1C(=O)N[C@@H](COc2ccc(Br)cc2)C1=O.CC(C)[C@H](C(=O)CO)N1C(=O)N[C@@H](COc2ccc(Br)cc2)C1=O.CC(C)[C@H](C(=O)O)N1C(=O)N[C@@H](COc2ccc(Br)cc2)C1=O. The number of urea groups is 3. The number of ether oxygens (including phenoxy) is 3. The molecule has 20 nitrogen and oxygen atoms in total. The average molecular weight is 1290 g/mol. The van der Waals surface area contributed by atoms with Gasteiger partial charge < -0.3 is 40.4 Å². The molecule has 3 aliphatic heterocycles. The molecule has 3 fully saturated rings. The lowest BCUT2D eigenvalue weighted by Gasteiger charge is -2.26. The normalized spacial score (nSPS) is 18.0. The van der Waals surface area contributed by atoms with Gasteiger partial charge in [0.25, 0.3) is 17.7 Å². The Morgan fingerprint density at radius 2 is 0.784 bits per heavy atom. The minimum Gasteiger partial charge on any atom is -0.491 e. The van der Waals surface area contributed by atoms with E-state index < -0.39 is 96.3 Å². The number of hydrogen-bond acceptors (Lipinski definition) is 13. The summed E-state index contributed by atoms with van der Waals surface area (Å²) in [6.45, 7) is 16.9. The zero-order valence-electron chi connectivity index (χ0n) is 42.0. The number of carboxylic acids is 1. The number of aliphatic hydroxyl groups is 1. The molecule has 404 valence electrons. The molecule has 3 heterocycles. The highest BCUT2D eigenvalue weighted by molar-refractivity contribution is 9.11. The number of aliphatic hydroxyl groups excluding tert-OH is 1. The predicted octanol–water partition coefficient (Wildman–Crippen LogP) is 7.37. The molecule has 5 N–H and O–H groups in total. The fourth-order valence-electron chi connectivity index (χ4n) is 7.46. The van der Waals surface area contributed by atoms with Gasteiger partial charge in [-0.25, -0.2) is 24.1 Å². The molecule has 0 bridgehead atoms. The number of carbonyl (C=O) groups is 9. The van der Waals surface area contributed by atoms with E-state index in [1.165, 1.54) is 6.92 Å². The monoisotopic (exact) mass is 1290 g/mol. The largest absolute Gasteiger partial charge is 0.491 e. The molecule has 0 saturated carbocycles. The molecule has 24 heteroatoms. The van der Waals surface area contributed by atoms with Gasteiger partial charge in [0.15, 0.2) is 11.6 Å². The van der Waals surface area contributed by atoms with Crippen molar-refractivity contribution in [2.45, 2.75) is 84.7 Å². The number of nitrogens with zero attached hydrogens (tertiary/aromatic N) is 3. The number of aliphatic carboxylic acids is 1. The first-order valence-electron chi connectivity index (χ1n) is 22.8. The summed E-state index contributed by atoms with van der Waals surface area (Å²) in [4.78, 5) is 111. The van der Waals surface area contributed by atoms with Gasteiger partial charge in [0.05, 0.1) is 0 Å². The average Bonchev–Trinajstić information content (AvgIpc) is 3.91. The summed E-state index contributed by atoms with van der Waals surface area (Å²) in [7, 11) is 0. The number of amides is 9. The number of Topliss-reactive ketones (excluding diaryl/α,β-unsaturated/α-hetero) is 2. The van der Waals surface area contributed by atoms with E-state index >= 15 is 0 Å². The van der Waals surface area contributed by atoms with Crippen molar-refractivity contribution < 1.29 is 67.6 Å². The molecular formula is C50H62Br4N6O14. The van der Waals surface area contributed by atoms with Crippen LogP contribution in [0.15, 0.2) is 99.4 Å². The Morgan fingerprint density at radius 1 is 0.527 bits per heavy atom. The summed E-state index contributed by atoms with van der Waals surface area (Å²) >= 11 is 12.9. The van der Waals surface area contributed by atoms with Gasteiger partial charge in [-0.2, -0.15) is 0 Å². The smallest absolute Gasteiger partial charge is 0.327 e. The van der Waals surface area contributed by atoms with E-state index in [1.54, 1.807) is 102 Å². The van der Waals surface area contributed by atoms with Gasteiger partial charge in [-0.05, 0) is 103 Å².